The summed E-state index contributed by atoms with van der Waals surface area (Å²) in [5.41, 5.74) is 6.85. The van der Waals surface area contributed by atoms with Crippen LogP contribution in [0.5, 0.6) is 0 Å². The third kappa shape index (κ3) is 5.21. The molecule has 2 aromatic heterocycles. The Morgan fingerprint density at radius 3 is 2.73 bits per heavy atom. The van der Waals surface area contributed by atoms with Crippen LogP contribution in [0.3, 0.4) is 0 Å². The SMILES string of the molecule is CC(N)C1(C)CCN(c2ncc(Sc3cc(N4CCCC4CF)ncc3Cl)nc2CO)CC1. The Kier molecular flexibility index (Phi) is 7.63. The van der Waals surface area contributed by atoms with Gasteiger partial charge in [0.2, 0.25) is 0 Å². The second kappa shape index (κ2) is 10.3. The lowest BCUT2D eigenvalue weighted by atomic mass is 9.75. The van der Waals surface area contributed by atoms with E-state index in [0.29, 0.717) is 15.7 Å². The Morgan fingerprint density at radius 1 is 1.30 bits per heavy atom. The van der Waals surface area contributed by atoms with Crippen LogP contribution in [0.15, 0.2) is 28.4 Å². The van der Waals surface area contributed by atoms with Crippen LogP contribution in [0.25, 0.3) is 0 Å². The van der Waals surface area contributed by atoms with Gasteiger partial charge in [-0.3, -0.25) is 0 Å². The summed E-state index contributed by atoms with van der Waals surface area (Å²) in [6.07, 6.45) is 7.04. The first-order valence-corrected chi connectivity index (χ1v) is 12.7. The van der Waals surface area contributed by atoms with Crippen molar-refractivity contribution in [2.45, 2.75) is 68.1 Å². The van der Waals surface area contributed by atoms with Crippen molar-refractivity contribution in [2.75, 3.05) is 36.1 Å². The Bertz CT molecular complexity index is 972. The van der Waals surface area contributed by atoms with E-state index in [-0.39, 0.29) is 30.8 Å². The number of aliphatic hydroxyl groups is 1. The van der Waals surface area contributed by atoms with Crippen LogP contribution >= 0.6 is 23.4 Å². The minimum Gasteiger partial charge on any atom is -0.390 e. The van der Waals surface area contributed by atoms with Gasteiger partial charge in [-0.05, 0) is 44.1 Å². The van der Waals surface area contributed by atoms with E-state index in [0.717, 1.165) is 61.8 Å². The normalized spacial score (nSPS) is 21.5. The molecule has 2 unspecified atom stereocenters. The van der Waals surface area contributed by atoms with Gasteiger partial charge in [-0.1, -0.05) is 30.3 Å². The topological polar surface area (TPSA) is 91.4 Å². The number of piperidine rings is 1. The van der Waals surface area contributed by atoms with Gasteiger partial charge in [0.05, 0.1) is 23.9 Å². The van der Waals surface area contributed by atoms with Crippen LogP contribution in [-0.2, 0) is 6.61 Å². The van der Waals surface area contributed by atoms with Crippen LogP contribution in [0.4, 0.5) is 16.0 Å². The number of pyridine rings is 1. The van der Waals surface area contributed by atoms with Crippen LogP contribution in [0.1, 0.15) is 45.2 Å². The van der Waals surface area contributed by atoms with Crippen molar-refractivity contribution < 1.29 is 9.50 Å². The number of anilines is 2. The van der Waals surface area contributed by atoms with Gasteiger partial charge in [-0.2, -0.15) is 0 Å². The maximum Gasteiger partial charge on any atom is 0.152 e. The molecular formula is C23H32ClFN6OS. The molecule has 0 saturated carbocycles. The molecule has 0 amide bonds. The summed E-state index contributed by atoms with van der Waals surface area (Å²) in [5.74, 6) is 1.44. The van der Waals surface area contributed by atoms with Gasteiger partial charge in [0, 0.05) is 36.8 Å². The second-order valence-corrected chi connectivity index (χ2v) is 10.8. The molecule has 7 nitrogen and oxygen atoms in total. The van der Waals surface area contributed by atoms with Crippen molar-refractivity contribution in [3.05, 3.63) is 29.2 Å². The smallest absolute Gasteiger partial charge is 0.152 e. The van der Waals surface area contributed by atoms with Crippen molar-refractivity contribution in [3.63, 3.8) is 0 Å². The maximum absolute atomic E-state index is 13.4. The molecule has 2 saturated heterocycles. The predicted molar refractivity (Wildman–Crippen MR) is 131 cm³/mol. The number of nitrogens with two attached hydrogens (primary N) is 1. The molecule has 0 spiro atoms. The predicted octanol–water partition coefficient (Wildman–Crippen LogP) is 4.06. The molecule has 0 aliphatic carbocycles. The lowest BCUT2D eigenvalue weighted by molar-refractivity contribution is 0.204. The Balaban J connectivity index is 1.51. The van der Waals surface area contributed by atoms with E-state index in [1.54, 1.807) is 12.4 Å². The van der Waals surface area contributed by atoms with Crippen molar-refractivity contribution in [1.29, 1.82) is 0 Å². The van der Waals surface area contributed by atoms with E-state index < -0.39 is 0 Å². The van der Waals surface area contributed by atoms with E-state index in [1.165, 1.54) is 11.8 Å². The summed E-state index contributed by atoms with van der Waals surface area (Å²) in [6.45, 7) is 6.16. The standard InChI is InChI=1S/C23H32ClFN6OS/c1-15(26)23(2)5-8-30(9-6-23)22-18(14-32)29-21(13-28-22)33-19-10-20(27-12-17(19)24)31-7-3-4-16(31)11-25/h10,12-13,15-16,32H,3-9,11,14,26H2,1-2H3. The molecule has 10 heteroatoms. The fourth-order valence-electron chi connectivity index (χ4n) is 4.56. The summed E-state index contributed by atoms with van der Waals surface area (Å²) >= 11 is 7.78. The van der Waals surface area contributed by atoms with Crippen molar-refractivity contribution >= 4 is 35.0 Å². The van der Waals surface area contributed by atoms with E-state index in [2.05, 4.69) is 33.7 Å². The minimum atomic E-state index is -0.389. The lowest BCUT2D eigenvalue weighted by Crippen LogP contribution is -2.47. The van der Waals surface area contributed by atoms with Gasteiger partial charge >= 0.3 is 0 Å². The molecule has 33 heavy (non-hydrogen) atoms. The van der Waals surface area contributed by atoms with Crippen LogP contribution in [0, 0.1) is 5.41 Å². The summed E-state index contributed by atoms with van der Waals surface area (Å²) in [5, 5.41) is 11.1. The van der Waals surface area contributed by atoms with Crippen LogP contribution in [-0.4, -0.2) is 58.5 Å². The van der Waals surface area contributed by atoms with E-state index in [4.69, 9.17) is 17.3 Å². The number of alkyl halides is 1. The van der Waals surface area contributed by atoms with Crippen molar-refractivity contribution in [1.82, 2.24) is 15.0 Å². The maximum atomic E-state index is 13.4. The average molecular weight is 495 g/mol. The number of aliphatic hydroxyl groups excluding tert-OH is 1. The molecule has 180 valence electrons. The largest absolute Gasteiger partial charge is 0.390 e. The van der Waals surface area contributed by atoms with Crippen molar-refractivity contribution in [2.24, 2.45) is 11.1 Å². The van der Waals surface area contributed by atoms with E-state index in [1.807, 2.05) is 11.0 Å². The summed E-state index contributed by atoms with van der Waals surface area (Å²) in [6, 6.07) is 1.89. The molecule has 2 aliphatic rings. The third-order valence-corrected chi connectivity index (χ3v) is 8.50. The highest BCUT2D eigenvalue weighted by molar-refractivity contribution is 7.99. The first-order valence-electron chi connectivity index (χ1n) is 11.5. The van der Waals surface area contributed by atoms with Gasteiger partial charge in [0.1, 0.15) is 23.2 Å². The monoisotopic (exact) mass is 494 g/mol. The van der Waals surface area contributed by atoms with Crippen molar-refractivity contribution in [3.8, 4) is 0 Å². The first kappa shape index (κ1) is 24.4. The average Bonchev–Trinajstić information content (AvgIpc) is 3.30. The number of nitrogens with zero attached hydrogens (tertiary/aromatic N) is 5. The van der Waals surface area contributed by atoms with Gasteiger partial charge < -0.3 is 20.6 Å². The van der Waals surface area contributed by atoms with Gasteiger partial charge in [0.25, 0.3) is 0 Å². The number of rotatable bonds is 7. The van der Waals surface area contributed by atoms with Gasteiger partial charge in [-0.25, -0.2) is 19.3 Å². The summed E-state index contributed by atoms with van der Waals surface area (Å²) in [7, 11) is 0. The molecule has 2 aliphatic heterocycles. The van der Waals surface area contributed by atoms with E-state index in [9.17, 15) is 9.50 Å². The minimum absolute atomic E-state index is 0.116. The zero-order valence-corrected chi connectivity index (χ0v) is 20.7. The number of hydrogen-bond acceptors (Lipinski definition) is 8. The van der Waals surface area contributed by atoms with Crippen LogP contribution < -0.4 is 15.5 Å². The number of halogens is 2. The van der Waals surface area contributed by atoms with Gasteiger partial charge in [-0.15, -0.1) is 0 Å². The fraction of sp³-hybridized carbons (Fsp3) is 0.609. The molecule has 0 radical (unpaired) electrons. The first-order chi connectivity index (χ1) is 15.8. The Labute approximate surface area is 203 Å². The molecule has 3 N–H and O–H groups in total. The molecule has 2 atom stereocenters. The third-order valence-electron chi connectivity index (χ3n) is 7.12. The molecule has 0 bridgehead atoms. The molecule has 2 aromatic rings. The molecule has 4 rings (SSSR count). The molecular weight excluding hydrogens is 463 g/mol. The Morgan fingerprint density at radius 2 is 2.06 bits per heavy atom. The van der Waals surface area contributed by atoms with Crippen LogP contribution in [0.2, 0.25) is 5.02 Å². The summed E-state index contributed by atoms with van der Waals surface area (Å²) in [4.78, 5) is 18.7. The molecule has 4 heterocycles. The highest BCUT2D eigenvalue weighted by Gasteiger charge is 2.34. The highest BCUT2D eigenvalue weighted by atomic mass is 35.5. The number of hydrogen-bond donors (Lipinski definition) is 2. The van der Waals surface area contributed by atoms with E-state index >= 15 is 0 Å². The quantitative estimate of drug-likeness (QED) is 0.595. The van der Waals surface area contributed by atoms with Gasteiger partial charge in [0.15, 0.2) is 5.82 Å². The second-order valence-electron chi connectivity index (χ2n) is 9.29. The fourth-order valence-corrected chi connectivity index (χ4v) is 5.58. The number of aromatic nitrogens is 3. The zero-order chi connectivity index (χ0) is 23.6. The molecule has 0 aromatic carbocycles. The summed E-state index contributed by atoms with van der Waals surface area (Å²) < 4.78 is 13.4. The lowest BCUT2D eigenvalue weighted by Gasteiger charge is -2.42. The highest BCUT2D eigenvalue weighted by Crippen LogP contribution is 2.38. The molecule has 2 fully saturated rings. The zero-order valence-electron chi connectivity index (χ0n) is 19.2. The Hall–Kier alpha value is -1.68.